The fraction of sp³-hybridized carbons (Fsp3) is 0.143. The molecule has 0 aliphatic carbocycles. The lowest BCUT2D eigenvalue weighted by Gasteiger charge is -2.10. The van der Waals surface area contributed by atoms with Gasteiger partial charge in [-0.15, -0.1) is 0 Å². The van der Waals surface area contributed by atoms with Gasteiger partial charge in [0.1, 0.15) is 17.1 Å². The van der Waals surface area contributed by atoms with Gasteiger partial charge in [-0.3, -0.25) is 0 Å². The van der Waals surface area contributed by atoms with Gasteiger partial charge in [-0.25, -0.2) is 9.78 Å². The summed E-state index contributed by atoms with van der Waals surface area (Å²) in [6, 6.07) is 14.7. The maximum atomic E-state index is 11.4. The molecule has 1 aromatic heterocycles. The predicted molar refractivity (Wildman–Crippen MR) is 107 cm³/mol. The summed E-state index contributed by atoms with van der Waals surface area (Å²) in [7, 11) is 1.45. The fourth-order valence-corrected chi connectivity index (χ4v) is 2.85. The van der Waals surface area contributed by atoms with Crippen LogP contribution in [0, 0.1) is 6.92 Å². The molecule has 0 unspecified atom stereocenters. The largest absolute Gasteiger partial charge is 0.496 e. The first-order valence-corrected chi connectivity index (χ1v) is 8.72. The third kappa shape index (κ3) is 4.38. The van der Waals surface area contributed by atoms with Gasteiger partial charge in [-0.2, -0.15) is 0 Å². The van der Waals surface area contributed by atoms with Gasteiger partial charge in [0.05, 0.1) is 7.11 Å². The van der Waals surface area contributed by atoms with Crippen molar-refractivity contribution in [2.75, 3.05) is 12.4 Å². The number of rotatable bonds is 6. The zero-order chi connectivity index (χ0) is 19.4. The fourth-order valence-electron chi connectivity index (χ4n) is 2.73. The van der Waals surface area contributed by atoms with E-state index >= 15 is 0 Å². The normalized spacial score (nSPS) is 10.5. The summed E-state index contributed by atoms with van der Waals surface area (Å²) in [5.74, 6) is 0.0345. The number of pyridine rings is 1. The molecule has 3 aromatic rings. The molecule has 138 valence electrons. The molecule has 5 nitrogen and oxygen atoms in total. The molecule has 6 heteroatoms. The van der Waals surface area contributed by atoms with Gasteiger partial charge in [0.2, 0.25) is 0 Å². The van der Waals surface area contributed by atoms with Crippen LogP contribution in [0.5, 0.6) is 5.75 Å². The second-order valence-corrected chi connectivity index (χ2v) is 6.50. The van der Waals surface area contributed by atoms with Crippen molar-refractivity contribution in [3.8, 4) is 16.9 Å². The second-order valence-electron chi connectivity index (χ2n) is 6.09. The van der Waals surface area contributed by atoms with E-state index in [-0.39, 0.29) is 5.56 Å². The number of methoxy groups -OCH3 is 1. The minimum Gasteiger partial charge on any atom is -0.496 e. The van der Waals surface area contributed by atoms with Crippen LogP contribution in [0.4, 0.5) is 5.82 Å². The standard InChI is InChI=1S/C21H19ClN2O3/c1-13-9-14(3-6-18(13)22)11-23-20-8-5-16(12-24-20)15-4-7-19(27-2)17(10-15)21(25)26/h3-10,12H,11H2,1-2H3,(H,23,24)(H,25,26). The number of halogens is 1. The SMILES string of the molecule is COc1ccc(-c2ccc(NCc3ccc(Cl)c(C)c3)nc2)cc1C(=O)O. The maximum Gasteiger partial charge on any atom is 0.339 e. The molecule has 0 amide bonds. The molecule has 0 atom stereocenters. The van der Waals surface area contributed by atoms with E-state index in [1.165, 1.54) is 7.11 Å². The number of aryl methyl sites for hydroxylation is 1. The summed E-state index contributed by atoms with van der Waals surface area (Å²) in [6.45, 7) is 2.61. The Bertz CT molecular complexity index is 972. The van der Waals surface area contributed by atoms with Crippen LogP contribution >= 0.6 is 11.6 Å². The highest BCUT2D eigenvalue weighted by molar-refractivity contribution is 6.31. The zero-order valence-corrected chi connectivity index (χ0v) is 15.7. The van der Waals surface area contributed by atoms with E-state index < -0.39 is 5.97 Å². The lowest BCUT2D eigenvalue weighted by Crippen LogP contribution is -2.02. The molecule has 0 saturated heterocycles. The highest BCUT2D eigenvalue weighted by Crippen LogP contribution is 2.27. The van der Waals surface area contributed by atoms with Crippen molar-refractivity contribution < 1.29 is 14.6 Å². The number of hydrogen-bond donors (Lipinski definition) is 2. The Morgan fingerprint density at radius 1 is 1.15 bits per heavy atom. The molecule has 0 spiro atoms. The highest BCUT2D eigenvalue weighted by Gasteiger charge is 2.12. The van der Waals surface area contributed by atoms with Gasteiger partial charge < -0.3 is 15.2 Å². The molecule has 1 heterocycles. The summed E-state index contributed by atoms with van der Waals surface area (Å²) in [6.07, 6.45) is 1.71. The molecule has 0 aliphatic rings. The number of nitrogens with zero attached hydrogens (tertiary/aromatic N) is 1. The molecular weight excluding hydrogens is 364 g/mol. The van der Waals surface area contributed by atoms with Crippen molar-refractivity contribution in [3.05, 3.63) is 76.4 Å². The van der Waals surface area contributed by atoms with Crippen molar-refractivity contribution in [2.24, 2.45) is 0 Å². The molecule has 0 bridgehead atoms. The van der Waals surface area contributed by atoms with Gasteiger partial charge in [-0.1, -0.05) is 29.8 Å². The Balaban J connectivity index is 1.74. The lowest BCUT2D eigenvalue weighted by molar-refractivity contribution is 0.0693. The maximum absolute atomic E-state index is 11.4. The number of benzene rings is 2. The molecule has 3 rings (SSSR count). The number of anilines is 1. The van der Waals surface area contributed by atoms with E-state index in [4.69, 9.17) is 16.3 Å². The Kier molecular flexibility index (Phi) is 5.62. The van der Waals surface area contributed by atoms with Crippen LogP contribution in [-0.4, -0.2) is 23.2 Å². The number of carboxylic acid groups (broad SMARTS) is 1. The van der Waals surface area contributed by atoms with Crippen LogP contribution in [0.3, 0.4) is 0 Å². The van der Waals surface area contributed by atoms with E-state index in [9.17, 15) is 9.90 Å². The van der Waals surface area contributed by atoms with Gasteiger partial charge in [0.15, 0.2) is 0 Å². The van der Waals surface area contributed by atoms with E-state index in [0.717, 1.165) is 33.1 Å². The first-order valence-electron chi connectivity index (χ1n) is 8.34. The topological polar surface area (TPSA) is 71.5 Å². The summed E-state index contributed by atoms with van der Waals surface area (Å²) in [5.41, 5.74) is 3.86. The summed E-state index contributed by atoms with van der Waals surface area (Å²) < 4.78 is 5.09. The number of aromatic carboxylic acids is 1. The smallest absolute Gasteiger partial charge is 0.339 e. The van der Waals surface area contributed by atoms with Gasteiger partial charge in [0.25, 0.3) is 0 Å². The third-order valence-electron chi connectivity index (χ3n) is 4.22. The van der Waals surface area contributed by atoms with Crippen LogP contribution in [0.2, 0.25) is 5.02 Å². The predicted octanol–water partition coefficient (Wildman–Crippen LogP) is 5.03. The van der Waals surface area contributed by atoms with Crippen molar-refractivity contribution >= 4 is 23.4 Å². The molecule has 0 fully saturated rings. The Hall–Kier alpha value is -3.05. The lowest BCUT2D eigenvalue weighted by atomic mass is 10.0. The molecule has 0 saturated carbocycles. The quantitative estimate of drug-likeness (QED) is 0.625. The summed E-state index contributed by atoms with van der Waals surface area (Å²) in [5, 5.41) is 13.3. The summed E-state index contributed by atoms with van der Waals surface area (Å²) >= 11 is 6.05. The number of ether oxygens (including phenoxy) is 1. The van der Waals surface area contributed by atoms with Gasteiger partial charge in [-0.05, 0) is 53.9 Å². The first-order chi connectivity index (χ1) is 13.0. The summed E-state index contributed by atoms with van der Waals surface area (Å²) in [4.78, 5) is 15.8. The number of aromatic nitrogens is 1. The van der Waals surface area contributed by atoms with Gasteiger partial charge in [0, 0.05) is 23.3 Å². The molecule has 2 aromatic carbocycles. The Labute approximate surface area is 162 Å². The Morgan fingerprint density at radius 2 is 1.93 bits per heavy atom. The molecule has 2 N–H and O–H groups in total. The van der Waals surface area contributed by atoms with Crippen LogP contribution < -0.4 is 10.1 Å². The van der Waals surface area contributed by atoms with E-state index in [1.807, 2.05) is 43.3 Å². The van der Waals surface area contributed by atoms with Crippen molar-refractivity contribution in [2.45, 2.75) is 13.5 Å². The van der Waals surface area contributed by atoms with Crippen LogP contribution in [-0.2, 0) is 6.54 Å². The number of nitrogens with one attached hydrogen (secondary N) is 1. The van der Waals surface area contributed by atoms with Crippen molar-refractivity contribution in [1.29, 1.82) is 0 Å². The third-order valence-corrected chi connectivity index (χ3v) is 4.65. The minimum absolute atomic E-state index is 0.121. The van der Waals surface area contributed by atoms with E-state index in [2.05, 4.69) is 10.3 Å². The number of carbonyl (C=O) groups is 1. The number of hydrogen-bond acceptors (Lipinski definition) is 4. The molecule has 27 heavy (non-hydrogen) atoms. The van der Waals surface area contributed by atoms with Crippen LogP contribution in [0.25, 0.3) is 11.1 Å². The molecule has 0 radical (unpaired) electrons. The average molecular weight is 383 g/mol. The van der Waals surface area contributed by atoms with E-state index in [0.29, 0.717) is 12.3 Å². The molecular formula is C21H19ClN2O3. The molecule has 0 aliphatic heterocycles. The minimum atomic E-state index is -1.03. The van der Waals surface area contributed by atoms with Crippen LogP contribution in [0.15, 0.2) is 54.7 Å². The number of carboxylic acids is 1. The monoisotopic (exact) mass is 382 g/mol. The zero-order valence-electron chi connectivity index (χ0n) is 15.0. The highest BCUT2D eigenvalue weighted by atomic mass is 35.5. The second kappa shape index (κ2) is 8.10. The van der Waals surface area contributed by atoms with Crippen molar-refractivity contribution in [1.82, 2.24) is 4.98 Å². The average Bonchev–Trinajstić information content (AvgIpc) is 2.68. The Morgan fingerprint density at radius 3 is 2.56 bits per heavy atom. The van der Waals surface area contributed by atoms with Gasteiger partial charge >= 0.3 is 5.97 Å². The first kappa shape index (κ1) is 18.7. The van der Waals surface area contributed by atoms with Crippen LogP contribution in [0.1, 0.15) is 21.5 Å². The van der Waals surface area contributed by atoms with Crippen molar-refractivity contribution in [3.63, 3.8) is 0 Å². The van der Waals surface area contributed by atoms with E-state index in [1.54, 1.807) is 18.3 Å².